The molecular weight excluding hydrogens is 352 g/mol. The zero-order chi connectivity index (χ0) is 19.6. The summed E-state index contributed by atoms with van der Waals surface area (Å²) in [5.74, 6) is 1.44. The van der Waals surface area contributed by atoms with E-state index in [2.05, 4.69) is 10.6 Å². The highest BCUT2D eigenvalue weighted by Crippen LogP contribution is 2.17. The van der Waals surface area contributed by atoms with Crippen LogP contribution >= 0.6 is 0 Å². The number of carbonyl (C=O) groups is 1. The first kappa shape index (κ1) is 19.3. The molecule has 0 unspecified atom stereocenters. The first-order valence-electron chi connectivity index (χ1n) is 9.20. The molecule has 0 aromatic heterocycles. The maximum Gasteiger partial charge on any atom is 0.243 e. The van der Waals surface area contributed by atoms with E-state index in [1.165, 1.54) is 0 Å². The number of anilines is 2. The number of para-hydroxylation sites is 1. The molecule has 0 heterocycles. The summed E-state index contributed by atoms with van der Waals surface area (Å²) in [5.41, 5.74) is 2.76. The fourth-order valence-electron chi connectivity index (χ4n) is 2.56. The van der Waals surface area contributed by atoms with Crippen LogP contribution in [0.3, 0.4) is 0 Å². The van der Waals surface area contributed by atoms with Gasteiger partial charge in [0.2, 0.25) is 5.91 Å². The highest BCUT2D eigenvalue weighted by atomic mass is 16.5. The van der Waals surface area contributed by atoms with Crippen LogP contribution in [0.25, 0.3) is 0 Å². The van der Waals surface area contributed by atoms with Gasteiger partial charge in [0.25, 0.3) is 0 Å². The Bertz CT molecular complexity index is 880. The average molecular weight is 376 g/mol. The van der Waals surface area contributed by atoms with Crippen molar-refractivity contribution in [3.8, 4) is 11.5 Å². The monoisotopic (exact) mass is 376 g/mol. The van der Waals surface area contributed by atoms with Crippen molar-refractivity contribution in [3.63, 3.8) is 0 Å². The molecule has 5 heteroatoms. The molecule has 28 heavy (non-hydrogen) atoms. The van der Waals surface area contributed by atoms with E-state index in [0.29, 0.717) is 13.2 Å². The van der Waals surface area contributed by atoms with Gasteiger partial charge >= 0.3 is 0 Å². The van der Waals surface area contributed by atoms with Crippen LogP contribution in [0, 0.1) is 6.92 Å². The van der Waals surface area contributed by atoms with Crippen LogP contribution in [-0.4, -0.2) is 25.7 Å². The largest absolute Gasteiger partial charge is 0.490 e. The number of nitrogens with one attached hydrogen (secondary N) is 2. The van der Waals surface area contributed by atoms with Gasteiger partial charge in [-0.2, -0.15) is 0 Å². The lowest BCUT2D eigenvalue weighted by atomic mass is 10.2. The average Bonchev–Trinajstić information content (AvgIpc) is 2.73. The lowest BCUT2D eigenvalue weighted by Gasteiger charge is -2.11. The van der Waals surface area contributed by atoms with E-state index in [-0.39, 0.29) is 12.5 Å². The van der Waals surface area contributed by atoms with Gasteiger partial charge in [-0.05, 0) is 43.3 Å². The van der Waals surface area contributed by atoms with Crippen LogP contribution in [-0.2, 0) is 4.79 Å². The predicted octanol–water partition coefficient (Wildman–Crippen LogP) is 4.50. The van der Waals surface area contributed by atoms with Crippen molar-refractivity contribution in [2.45, 2.75) is 6.92 Å². The van der Waals surface area contributed by atoms with Crippen molar-refractivity contribution in [2.75, 3.05) is 30.4 Å². The summed E-state index contributed by atoms with van der Waals surface area (Å²) in [7, 11) is 0. The van der Waals surface area contributed by atoms with Crippen LogP contribution in [0.1, 0.15) is 5.56 Å². The van der Waals surface area contributed by atoms with Crippen molar-refractivity contribution >= 4 is 17.3 Å². The molecule has 2 N–H and O–H groups in total. The van der Waals surface area contributed by atoms with E-state index in [1.807, 2.05) is 85.8 Å². The summed E-state index contributed by atoms with van der Waals surface area (Å²) in [6.07, 6.45) is 0. The molecule has 0 atom stereocenters. The Hall–Kier alpha value is -3.47. The van der Waals surface area contributed by atoms with Gasteiger partial charge in [-0.25, -0.2) is 0 Å². The molecule has 144 valence electrons. The number of rotatable bonds is 9. The van der Waals surface area contributed by atoms with Crippen LogP contribution < -0.4 is 20.1 Å². The molecule has 0 saturated carbocycles. The van der Waals surface area contributed by atoms with Crippen LogP contribution in [0.5, 0.6) is 11.5 Å². The molecule has 0 aliphatic rings. The number of hydrogen-bond donors (Lipinski definition) is 2. The maximum atomic E-state index is 12.1. The molecule has 0 spiro atoms. The number of benzene rings is 3. The Kier molecular flexibility index (Phi) is 6.90. The van der Waals surface area contributed by atoms with Crippen LogP contribution in [0.15, 0.2) is 78.9 Å². The van der Waals surface area contributed by atoms with Crippen molar-refractivity contribution in [3.05, 3.63) is 84.4 Å². The zero-order valence-corrected chi connectivity index (χ0v) is 15.9. The third kappa shape index (κ3) is 6.36. The minimum absolute atomic E-state index is 0.105. The Morgan fingerprint density at radius 1 is 0.786 bits per heavy atom. The van der Waals surface area contributed by atoms with E-state index in [1.54, 1.807) is 0 Å². The highest BCUT2D eigenvalue weighted by molar-refractivity contribution is 5.93. The van der Waals surface area contributed by atoms with Gasteiger partial charge in [-0.1, -0.05) is 42.0 Å². The summed E-state index contributed by atoms with van der Waals surface area (Å²) in [4.78, 5) is 12.1. The number of aryl methyl sites for hydroxylation is 1. The third-order valence-electron chi connectivity index (χ3n) is 3.99. The van der Waals surface area contributed by atoms with E-state index >= 15 is 0 Å². The fourth-order valence-corrected chi connectivity index (χ4v) is 2.56. The molecule has 0 saturated heterocycles. The standard InChI is InChI=1S/C23H24N2O3/c1-18-10-12-19(13-11-18)25-23(26)17-24-20-6-5-9-22(16-20)28-15-14-27-21-7-3-2-4-8-21/h2-13,16,24H,14-15,17H2,1H3,(H,25,26). The zero-order valence-electron chi connectivity index (χ0n) is 15.9. The lowest BCUT2D eigenvalue weighted by molar-refractivity contribution is -0.114. The topological polar surface area (TPSA) is 59.6 Å². The highest BCUT2D eigenvalue weighted by Gasteiger charge is 2.03. The first-order valence-corrected chi connectivity index (χ1v) is 9.20. The van der Waals surface area contributed by atoms with Crippen LogP contribution in [0.4, 0.5) is 11.4 Å². The first-order chi connectivity index (χ1) is 13.7. The number of carbonyl (C=O) groups excluding carboxylic acids is 1. The summed E-state index contributed by atoms with van der Waals surface area (Å²) < 4.78 is 11.3. The Balaban J connectivity index is 1.41. The minimum atomic E-state index is -0.105. The van der Waals surface area contributed by atoms with E-state index in [9.17, 15) is 4.79 Å². The second-order valence-electron chi connectivity index (χ2n) is 6.31. The quantitative estimate of drug-likeness (QED) is 0.540. The van der Waals surface area contributed by atoms with Gasteiger partial charge in [-0.3, -0.25) is 4.79 Å². The van der Waals surface area contributed by atoms with Gasteiger partial charge in [0.1, 0.15) is 24.7 Å². The van der Waals surface area contributed by atoms with Gasteiger partial charge in [0.15, 0.2) is 0 Å². The molecule has 3 aromatic carbocycles. The van der Waals surface area contributed by atoms with Crippen molar-refractivity contribution in [2.24, 2.45) is 0 Å². The molecule has 0 bridgehead atoms. The normalized spacial score (nSPS) is 10.2. The summed E-state index contributed by atoms with van der Waals surface area (Å²) in [6.45, 7) is 3.08. The summed E-state index contributed by atoms with van der Waals surface area (Å²) in [5, 5.41) is 5.97. The van der Waals surface area contributed by atoms with Crippen LogP contribution in [0.2, 0.25) is 0 Å². The van der Waals surface area contributed by atoms with Crippen molar-refractivity contribution in [1.29, 1.82) is 0 Å². The Morgan fingerprint density at radius 3 is 2.21 bits per heavy atom. The molecular formula is C23H24N2O3. The maximum absolute atomic E-state index is 12.1. The molecule has 0 radical (unpaired) electrons. The number of amides is 1. The van der Waals surface area contributed by atoms with E-state index in [4.69, 9.17) is 9.47 Å². The van der Waals surface area contributed by atoms with Gasteiger partial charge in [0, 0.05) is 17.4 Å². The van der Waals surface area contributed by atoms with Gasteiger partial charge in [0.05, 0.1) is 6.54 Å². The number of ether oxygens (including phenoxy) is 2. The SMILES string of the molecule is Cc1ccc(NC(=O)CNc2cccc(OCCOc3ccccc3)c2)cc1. The summed E-state index contributed by atoms with van der Waals surface area (Å²) >= 11 is 0. The predicted molar refractivity (Wildman–Crippen MR) is 112 cm³/mol. The smallest absolute Gasteiger partial charge is 0.243 e. The second-order valence-corrected chi connectivity index (χ2v) is 6.31. The Labute approximate surface area is 165 Å². The van der Waals surface area contributed by atoms with Gasteiger partial charge in [-0.15, -0.1) is 0 Å². The fraction of sp³-hybridized carbons (Fsp3) is 0.174. The second kappa shape index (κ2) is 10.0. The molecule has 0 aliphatic carbocycles. The van der Waals surface area contributed by atoms with Gasteiger partial charge < -0.3 is 20.1 Å². The van der Waals surface area contributed by atoms with E-state index in [0.717, 1.165) is 28.4 Å². The third-order valence-corrected chi connectivity index (χ3v) is 3.99. The van der Waals surface area contributed by atoms with E-state index < -0.39 is 0 Å². The lowest BCUT2D eigenvalue weighted by Crippen LogP contribution is -2.21. The molecule has 0 aliphatic heterocycles. The molecule has 3 aromatic rings. The Morgan fingerprint density at radius 2 is 1.46 bits per heavy atom. The molecule has 3 rings (SSSR count). The van der Waals surface area contributed by atoms with Crippen molar-refractivity contribution in [1.82, 2.24) is 0 Å². The number of hydrogen-bond acceptors (Lipinski definition) is 4. The molecule has 5 nitrogen and oxygen atoms in total. The van der Waals surface area contributed by atoms with Crippen molar-refractivity contribution < 1.29 is 14.3 Å². The summed E-state index contributed by atoms with van der Waals surface area (Å²) in [6, 6.07) is 24.8. The molecule has 0 fully saturated rings. The molecule has 1 amide bonds. The minimum Gasteiger partial charge on any atom is -0.490 e.